The summed E-state index contributed by atoms with van der Waals surface area (Å²) >= 11 is 0. The molecule has 1 aliphatic rings. The molecule has 1 fully saturated rings. The highest BCUT2D eigenvalue weighted by Gasteiger charge is 2.18. The molecule has 0 aromatic heterocycles. The molecular weight excluding hydrogens is 312 g/mol. The molecule has 0 spiro atoms. The Labute approximate surface area is 136 Å². The van der Waals surface area contributed by atoms with Crippen molar-refractivity contribution in [2.24, 2.45) is 0 Å². The van der Waals surface area contributed by atoms with E-state index in [9.17, 15) is 8.42 Å². The lowest BCUT2D eigenvalue weighted by Gasteiger charge is -2.34. The highest BCUT2D eigenvalue weighted by atomic mass is 32.2. The second-order valence-electron chi connectivity index (χ2n) is 5.57. The summed E-state index contributed by atoms with van der Waals surface area (Å²) in [7, 11) is -1.41. The van der Waals surface area contributed by atoms with E-state index in [1.54, 1.807) is 24.3 Å². The van der Waals surface area contributed by atoms with Gasteiger partial charge < -0.3 is 9.80 Å². The van der Waals surface area contributed by atoms with E-state index in [0.29, 0.717) is 5.56 Å². The van der Waals surface area contributed by atoms with Gasteiger partial charge in [0.2, 0.25) is 0 Å². The first-order valence-electron chi connectivity index (χ1n) is 7.14. The summed E-state index contributed by atoms with van der Waals surface area (Å²) < 4.78 is 24.2. The summed E-state index contributed by atoms with van der Waals surface area (Å²) in [5, 5.41) is 17.7. The predicted octanol–water partition coefficient (Wildman–Crippen LogP) is 1.27. The largest absolute Gasteiger partial charge is 0.369 e. The van der Waals surface area contributed by atoms with E-state index < -0.39 is 9.84 Å². The van der Waals surface area contributed by atoms with Crippen molar-refractivity contribution >= 4 is 21.6 Å². The molecule has 1 aliphatic heterocycles. The normalized spacial score (nSPS) is 15.6. The number of allylic oxidation sites excluding steroid dienone is 1. The predicted molar refractivity (Wildman–Crippen MR) is 88.5 cm³/mol. The maximum absolute atomic E-state index is 12.1. The van der Waals surface area contributed by atoms with Crippen LogP contribution in [0.2, 0.25) is 0 Å². The van der Waals surface area contributed by atoms with E-state index in [-0.39, 0.29) is 10.5 Å². The summed E-state index contributed by atoms with van der Waals surface area (Å²) in [4.78, 5) is 4.49. The Hall–Kier alpha value is -2.35. The van der Waals surface area contributed by atoms with Gasteiger partial charge in [0.1, 0.15) is 17.7 Å². The summed E-state index contributed by atoms with van der Waals surface area (Å²) in [5.74, 6) is 0. The number of rotatable bonds is 3. The lowest BCUT2D eigenvalue weighted by molar-refractivity contribution is 0.313. The molecule has 1 aromatic rings. The summed E-state index contributed by atoms with van der Waals surface area (Å²) in [6, 6.07) is 8.61. The van der Waals surface area contributed by atoms with Crippen molar-refractivity contribution in [2.75, 3.05) is 44.4 Å². The Morgan fingerprint density at radius 3 is 2.30 bits per heavy atom. The van der Waals surface area contributed by atoms with Crippen molar-refractivity contribution in [3.05, 3.63) is 29.3 Å². The summed E-state index contributed by atoms with van der Waals surface area (Å²) in [5.41, 5.74) is 1.08. The second kappa shape index (κ2) is 6.82. The van der Waals surface area contributed by atoms with Crippen LogP contribution in [0, 0.1) is 22.7 Å². The zero-order chi connectivity index (χ0) is 17.0. The number of hydrogen-bond acceptors (Lipinski definition) is 6. The molecule has 2 rings (SSSR count). The van der Waals surface area contributed by atoms with Gasteiger partial charge in [0.15, 0.2) is 9.84 Å². The minimum atomic E-state index is -3.47. The number of nitriles is 2. The number of nitrogens with zero attached hydrogens (tertiary/aromatic N) is 4. The fourth-order valence-electron chi connectivity index (χ4n) is 2.47. The van der Waals surface area contributed by atoms with Crippen LogP contribution in [-0.4, -0.2) is 52.8 Å². The fraction of sp³-hybridized carbons (Fsp3) is 0.375. The third-order valence-corrected chi connectivity index (χ3v) is 4.96. The molecule has 120 valence electrons. The molecule has 6 nitrogen and oxygen atoms in total. The van der Waals surface area contributed by atoms with Crippen LogP contribution in [0.5, 0.6) is 0 Å². The van der Waals surface area contributed by atoms with E-state index >= 15 is 0 Å². The van der Waals surface area contributed by atoms with Gasteiger partial charge in [-0.25, -0.2) is 8.42 Å². The highest BCUT2D eigenvalue weighted by Crippen LogP contribution is 2.26. The molecule has 0 amide bonds. The molecular formula is C16H18N4O2S. The lowest BCUT2D eigenvalue weighted by atomic mass is 10.1. The first kappa shape index (κ1) is 17.0. The molecule has 1 saturated heterocycles. The summed E-state index contributed by atoms with van der Waals surface area (Å²) in [6.45, 7) is 3.50. The van der Waals surface area contributed by atoms with Crippen LogP contribution >= 0.6 is 0 Å². The number of likely N-dealkylation sites (N-methyl/N-ethyl adjacent to an activating group) is 1. The molecule has 0 radical (unpaired) electrons. The van der Waals surface area contributed by atoms with E-state index in [0.717, 1.165) is 38.1 Å². The molecule has 1 heterocycles. The molecule has 1 aromatic carbocycles. The summed E-state index contributed by atoms with van der Waals surface area (Å²) in [6.07, 6.45) is 2.44. The van der Waals surface area contributed by atoms with Crippen LogP contribution in [0.3, 0.4) is 0 Å². The Balaban J connectivity index is 2.46. The van der Waals surface area contributed by atoms with Crippen LogP contribution in [0.15, 0.2) is 28.7 Å². The van der Waals surface area contributed by atoms with Gasteiger partial charge in [0.05, 0.1) is 4.90 Å². The van der Waals surface area contributed by atoms with Gasteiger partial charge in [0, 0.05) is 38.1 Å². The smallest absolute Gasteiger partial charge is 0.176 e. The fourth-order valence-corrected chi connectivity index (χ4v) is 3.36. The van der Waals surface area contributed by atoms with Crippen molar-refractivity contribution in [3.8, 4) is 12.1 Å². The molecule has 0 unspecified atom stereocenters. The monoisotopic (exact) mass is 330 g/mol. The Bertz CT molecular complexity index is 791. The number of hydrogen-bond donors (Lipinski definition) is 0. The number of sulfone groups is 1. The Morgan fingerprint density at radius 1 is 1.17 bits per heavy atom. The number of piperazine rings is 1. The van der Waals surface area contributed by atoms with Gasteiger partial charge in [-0.05, 0) is 30.8 Å². The quantitative estimate of drug-likeness (QED) is 0.776. The molecule has 0 N–H and O–H groups in total. The van der Waals surface area contributed by atoms with Gasteiger partial charge in [0.25, 0.3) is 0 Å². The van der Waals surface area contributed by atoms with Crippen molar-refractivity contribution in [1.29, 1.82) is 10.5 Å². The van der Waals surface area contributed by atoms with Crippen LogP contribution in [0.4, 0.5) is 5.69 Å². The molecule has 7 heteroatoms. The van der Waals surface area contributed by atoms with Crippen molar-refractivity contribution < 1.29 is 8.42 Å². The Kier molecular flexibility index (Phi) is 5.05. The third kappa shape index (κ3) is 4.10. The van der Waals surface area contributed by atoms with Gasteiger partial charge in [-0.3, -0.25) is 0 Å². The van der Waals surface area contributed by atoms with Crippen LogP contribution in [0.25, 0.3) is 6.08 Å². The zero-order valence-corrected chi connectivity index (χ0v) is 14.0. The van der Waals surface area contributed by atoms with Crippen molar-refractivity contribution in [3.63, 3.8) is 0 Å². The van der Waals surface area contributed by atoms with Crippen LogP contribution in [-0.2, 0) is 9.84 Å². The Morgan fingerprint density at radius 2 is 1.78 bits per heavy atom. The average molecular weight is 330 g/mol. The van der Waals surface area contributed by atoms with Gasteiger partial charge in [-0.2, -0.15) is 10.5 Å². The van der Waals surface area contributed by atoms with Gasteiger partial charge >= 0.3 is 0 Å². The maximum atomic E-state index is 12.1. The average Bonchev–Trinajstić information content (AvgIpc) is 2.52. The standard InChI is InChI=1S/C16H18N4O2S/c1-19-5-7-20(8-6-19)15-4-3-14(9-13(11-17)12-18)16(10-15)23(2,21)22/h3-4,9-10H,5-8H2,1-2H3. The lowest BCUT2D eigenvalue weighted by Crippen LogP contribution is -2.44. The second-order valence-corrected chi connectivity index (χ2v) is 7.55. The maximum Gasteiger partial charge on any atom is 0.176 e. The first-order chi connectivity index (χ1) is 10.8. The van der Waals surface area contributed by atoms with Gasteiger partial charge in [-0.1, -0.05) is 6.07 Å². The first-order valence-corrected chi connectivity index (χ1v) is 9.04. The van der Waals surface area contributed by atoms with E-state index in [4.69, 9.17) is 10.5 Å². The van der Waals surface area contributed by atoms with Crippen LogP contribution < -0.4 is 4.90 Å². The number of anilines is 1. The van der Waals surface area contributed by atoms with E-state index in [1.165, 1.54) is 6.08 Å². The number of benzene rings is 1. The molecule has 0 atom stereocenters. The van der Waals surface area contributed by atoms with E-state index in [1.807, 2.05) is 6.07 Å². The van der Waals surface area contributed by atoms with Crippen molar-refractivity contribution in [2.45, 2.75) is 4.90 Å². The minimum absolute atomic E-state index is 0.123. The minimum Gasteiger partial charge on any atom is -0.369 e. The molecule has 0 saturated carbocycles. The zero-order valence-electron chi connectivity index (χ0n) is 13.2. The van der Waals surface area contributed by atoms with Crippen molar-refractivity contribution in [1.82, 2.24) is 4.90 Å². The SMILES string of the molecule is CN1CCN(c2ccc(C=C(C#N)C#N)c(S(C)(=O)=O)c2)CC1. The van der Waals surface area contributed by atoms with E-state index in [2.05, 4.69) is 16.8 Å². The molecule has 0 aliphatic carbocycles. The highest BCUT2D eigenvalue weighted by molar-refractivity contribution is 7.90. The third-order valence-electron chi connectivity index (χ3n) is 3.81. The van der Waals surface area contributed by atoms with Gasteiger partial charge in [-0.15, -0.1) is 0 Å². The molecule has 0 bridgehead atoms. The molecule has 23 heavy (non-hydrogen) atoms. The van der Waals surface area contributed by atoms with Crippen LogP contribution in [0.1, 0.15) is 5.56 Å². The topological polar surface area (TPSA) is 88.2 Å².